The molecule has 32 heavy (non-hydrogen) atoms. The summed E-state index contributed by atoms with van der Waals surface area (Å²) in [7, 11) is 0. The Bertz CT molecular complexity index is 975. The van der Waals surface area contributed by atoms with Gasteiger partial charge in [-0.2, -0.15) is 0 Å². The maximum Gasteiger partial charge on any atom is 0.227 e. The van der Waals surface area contributed by atoms with Gasteiger partial charge in [-0.1, -0.05) is 6.92 Å². The van der Waals surface area contributed by atoms with Gasteiger partial charge < -0.3 is 24.7 Å². The van der Waals surface area contributed by atoms with Gasteiger partial charge in [0.1, 0.15) is 5.75 Å². The molecule has 6 heteroatoms. The van der Waals surface area contributed by atoms with Crippen LogP contribution in [0, 0.1) is 29.1 Å². The van der Waals surface area contributed by atoms with E-state index in [4.69, 9.17) is 9.47 Å². The van der Waals surface area contributed by atoms with E-state index in [2.05, 4.69) is 28.2 Å². The maximum atomic E-state index is 12.7. The topological polar surface area (TPSA) is 66.6 Å². The van der Waals surface area contributed by atoms with Crippen LogP contribution in [-0.2, 0) is 9.53 Å². The number of H-pyrrole nitrogens is 1. The molecule has 6 nitrogen and oxygen atoms in total. The number of benzene rings is 1. The summed E-state index contributed by atoms with van der Waals surface area (Å²) in [5.74, 6) is 3.75. The minimum absolute atomic E-state index is 0.110. The van der Waals surface area contributed by atoms with Crippen LogP contribution in [0.15, 0.2) is 24.4 Å². The Morgan fingerprint density at radius 3 is 2.72 bits per heavy atom. The zero-order chi connectivity index (χ0) is 21.7. The zero-order valence-electron chi connectivity index (χ0n) is 19.1. The molecule has 4 fully saturated rings. The molecule has 2 saturated heterocycles. The first-order valence-electron chi connectivity index (χ1n) is 12.5. The summed E-state index contributed by atoms with van der Waals surface area (Å²) >= 11 is 0. The van der Waals surface area contributed by atoms with E-state index in [1.165, 1.54) is 32.5 Å². The van der Waals surface area contributed by atoms with Crippen LogP contribution in [0.5, 0.6) is 5.75 Å². The van der Waals surface area contributed by atoms with Gasteiger partial charge in [-0.05, 0) is 74.6 Å². The molecule has 4 aliphatic rings. The molecule has 2 aromatic rings. The Morgan fingerprint density at radius 2 is 2.03 bits per heavy atom. The highest BCUT2D eigenvalue weighted by molar-refractivity contribution is 6.03. The van der Waals surface area contributed by atoms with Gasteiger partial charge in [0.15, 0.2) is 0 Å². The lowest BCUT2D eigenvalue weighted by Gasteiger charge is -2.52. The third kappa shape index (κ3) is 3.71. The SMILES string of the molecule is CCN1C[C@H]2CC(CCOc3ccc4[nH]cc(NC(=O)C5CC6(COC6)C5)c4c3)C[C@H]2C1. The predicted octanol–water partition coefficient (Wildman–Crippen LogP) is 4.28. The number of ether oxygens (including phenoxy) is 2. The molecule has 1 aromatic carbocycles. The Morgan fingerprint density at radius 1 is 1.25 bits per heavy atom. The lowest BCUT2D eigenvalue weighted by Crippen LogP contribution is -2.54. The molecule has 2 aliphatic heterocycles. The highest BCUT2D eigenvalue weighted by Gasteiger charge is 2.52. The number of anilines is 1. The summed E-state index contributed by atoms with van der Waals surface area (Å²) in [6, 6.07) is 6.13. The van der Waals surface area contributed by atoms with Crippen molar-refractivity contribution in [1.29, 1.82) is 0 Å². The molecule has 0 bridgehead atoms. The van der Waals surface area contributed by atoms with Gasteiger partial charge in [-0.25, -0.2) is 0 Å². The Kier molecular flexibility index (Phi) is 5.18. The minimum atomic E-state index is 0.110. The fourth-order valence-corrected chi connectivity index (χ4v) is 6.68. The van der Waals surface area contributed by atoms with Crippen LogP contribution >= 0.6 is 0 Å². The van der Waals surface area contributed by atoms with E-state index in [1.54, 1.807) is 0 Å². The van der Waals surface area contributed by atoms with Crippen molar-refractivity contribution in [3.63, 3.8) is 0 Å². The molecule has 3 heterocycles. The molecular formula is C26H35N3O3. The monoisotopic (exact) mass is 437 g/mol. The van der Waals surface area contributed by atoms with Crippen LogP contribution in [0.4, 0.5) is 5.69 Å². The molecule has 1 spiro atoms. The number of rotatable bonds is 7. The largest absolute Gasteiger partial charge is 0.494 e. The molecule has 1 aromatic heterocycles. The molecule has 1 amide bonds. The number of likely N-dealkylation sites (tertiary alicyclic amines) is 1. The van der Waals surface area contributed by atoms with Crippen LogP contribution in [0.1, 0.15) is 39.0 Å². The summed E-state index contributed by atoms with van der Waals surface area (Å²) in [5.41, 5.74) is 2.18. The fourth-order valence-electron chi connectivity index (χ4n) is 6.68. The van der Waals surface area contributed by atoms with Crippen molar-refractivity contribution in [3.05, 3.63) is 24.4 Å². The summed E-state index contributed by atoms with van der Waals surface area (Å²) in [5, 5.41) is 4.16. The molecule has 3 atom stereocenters. The van der Waals surface area contributed by atoms with Crippen LogP contribution < -0.4 is 10.1 Å². The van der Waals surface area contributed by atoms with Gasteiger partial charge in [0, 0.05) is 41.5 Å². The van der Waals surface area contributed by atoms with E-state index in [9.17, 15) is 4.79 Å². The van der Waals surface area contributed by atoms with E-state index in [0.717, 1.165) is 79.2 Å². The quantitative estimate of drug-likeness (QED) is 0.679. The molecule has 6 rings (SSSR count). The molecule has 1 unspecified atom stereocenters. The van der Waals surface area contributed by atoms with Crippen molar-refractivity contribution in [1.82, 2.24) is 9.88 Å². The molecule has 0 radical (unpaired) electrons. The average Bonchev–Trinajstić information content (AvgIpc) is 3.39. The predicted molar refractivity (Wildman–Crippen MR) is 125 cm³/mol. The number of carbonyl (C=O) groups is 1. The van der Waals surface area contributed by atoms with Crippen molar-refractivity contribution in [2.45, 2.75) is 39.0 Å². The zero-order valence-corrected chi connectivity index (χ0v) is 19.1. The van der Waals surface area contributed by atoms with Gasteiger partial charge in [-0.3, -0.25) is 4.79 Å². The van der Waals surface area contributed by atoms with Gasteiger partial charge in [-0.15, -0.1) is 0 Å². The summed E-state index contributed by atoms with van der Waals surface area (Å²) < 4.78 is 11.5. The number of amides is 1. The Hall–Kier alpha value is -2.05. The number of hydrogen-bond acceptors (Lipinski definition) is 4. The van der Waals surface area contributed by atoms with Crippen LogP contribution in [0.25, 0.3) is 10.9 Å². The van der Waals surface area contributed by atoms with Crippen LogP contribution in [0.3, 0.4) is 0 Å². The second-order valence-electron chi connectivity index (χ2n) is 10.8. The van der Waals surface area contributed by atoms with Gasteiger partial charge >= 0.3 is 0 Å². The molecular weight excluding hydrogens is 402 g/mol. The second kappa shape index (κ2) is 8.07. The molecule has 2 aliphatic carbocycles. The van der Waals surface area contributed by atoms with E-state index < -0.39 is 0 Å². The average molecular weight is 438 g/mol. The standard InChI is InChI=1S/C26H35N3O3/c1-2-29-13-18-7-17(8-19(18)14-29)5-6-32-21-3-4-23-22(9-21)24(12-27-23)28-25(30)20-10-26(11-20)15-31-16-26/h3-4,9,12,17-20,27H,2,5-8,10-11,13-16H2,1H3,(H,28,30)/t17?,18-,19+. The number of fused-ring (bicyclic) bond motifs is 2. The van der Waals surface area contributed by atoms with Gasteiger partial charge in [0.25, 0.3) is 0 Å². The van der Waals surface area contributed by atoms with Crippen LogP contribution in [-0.4, -0.2) is 55.2 Å². The van der Waals surface area contributed by atoms with Gasteiger partial charge in [0.2, 0.25) is 5.91 Å². The molecule has 2 saturated carbocycles. The Labute approximate surface area is 190 Å². The third-order valence-electron chi connectivity index (χ3n) is 8.62. The second-order valence-corrected chi connectivity index (χ2v) is 10.8. The lowest BCUT2D eigenvalue weighted by atomic mass is 9.60. The highest BCUT2D eigenvalue weighted by atomic mass is 16.5. The van der Waals surface area contributed by atoms with Gasteiger partial charge in [0.05, 0.1) is 25.5 Å². The minimum Gasteiger partial charge on any atom is -0.494 e. The first-order valence-corrected chi connectivity index (χ1v) is 12.5. The number of aromatic nitrogens is 1. The van der Waals surface area contributed by atoms with Crippen molar-refractivity contribution in [3.8, 4) is 5.75 Å². The number of aromatic amines is 1. The third-order valence-corrected chi connectivity index (χ3v) is 8.62. The van der Waals surface area contributed by atoms with Crippen LogP contribution in [0.2, 0.25) is 0 Å². The highest BCUT2D eigenvalue weighted by Crippen LogP contribution is 2.51. The van der Waals surface area contributed by atoms with Crippen molar-refractivity contribution >= 4 is 22.5 Å². The summed E-state index contributed by atoms with van der Waals surface area (Å²) in [4.78, 5) is 18.6. The summed E-state index contributed by atoms with van der Waals surface area (Å²) in [6.07, 6.45) is 7.67. The van der Waals surface area contributed by atoms with E-state index >= 15 is 0 Å². The van der Waals surface area contributed by atoms with Crippen molar-refractivity contribution in [2.24, 2.45) is 29.1 Å². The number of carbonyl (C=O) groups excluding carboxylic acids is 1. The number of nitrogens with one attached hydrogen (secondary N) is 2. The van der Waals surface area contributed by atoms with E-state index in [0.29, 0.717) is 5.41 Å². The number of nitrogens with zero attached hydrogens (tertiary/aromatic N) is 1. The van der Waals surface area contributed by atoms with Crippen molar-refractivity contribution in [2.75, 3.05) is 44.8 Å². The fraction of sp³-hybridized carbons (Fsp3) is 0.654. The first kappa shape index (κ1) is 20.5. The maximum absolute atomic E-state index is 12.7. The van der Waals surface area contributed by atoms with E-state index in [1.807, 2.05) is 18.3 Å². The lowest BCUT2D eigenvalue weighted by molar-refractivity contribution is -0.181. The molecule has 172 valence electrons. The molecule has 2 N–H and O–H groups in total. The van der Waals surface area contributed by atoms with E-state index in [-0.39, 0.29) is 11.8 Å². The smallest absolute Gasteiger partial charge is 0.227 e. The Balaban J connectivity index is 1.02. The summed E-state index contributed by atoms with van der Waals surface area (Å²) in [6.45, 7) is 8.48. The van der Waals surface area contributed by atoms with Crippen molar-refractivity contribution < 1.29 is 14.3 Å². The number of hydrogen-bond donors (Lipinski definition) is 2. The first-order chi connectivity index (χ1) is 15.6. The normalized spacial score (nSPS) is 29.1.